The van der Waals surface area contributed by atoms with Crippen molar-refractivity contribution in [3.63, 3.8) is 0 Å². The quantitative estimate of drug-likeness (QED) is 0.837. The lowest BCUT2D eigenvalue weighted by molar-refractivity contribution is 0.339. The highest BCUT2D eigenvalue weighted by Crippen LogP contribution is 2.22. The van der Waals surface area contributed by atoms with Crippen molar-refractivity contribution in [2.24, 2.45) is 5.92 Å². The molecule has 1 aromatic rings. The summed E-state index contributed by atoms with van der Waals surface area (Å²) >= 11 is 0. The average Bonchev–Trinajstić information content (AvgIpc) is 2.77. The highest BCUT2D eigenvalue weighted by molar-refractivity contribution is 5.43. The van der Waals surface area contributed by atoms with E-state index in [1.165, 1.54) is 12.1 Å². The van der Waals surface area contributed by atoms with E-state index in [0.717, 1.165) is 19.6 Å². The number of anilines is 1. The smallest absolute Gasteiger partial charge is 0.0752 e. The summed E-state index contributed by atoms with van der Waals surface area (Å²) < 4.78 is 1.99. The Labute approximate surface area is 97.6 Å². The molecule has 2 atom stereocenters. The predicted octanol–water partition coefficient (Wildman–Crippen LogP) is 1.34. The van der Waals surface area contributed by atoms with Crippen LogP contribution in [-0.2, 0) is 6.54 Å². The van der Waals surface area contributed by atoms with Crippen LogP contribution in [0.1, 0.15) is 20.3 Å². The Morgan fingerprint density at radius 3 is 2.94 bits per heavy atom. The molecule has 1 fully saturated rings. The molecule has 90 valence electrons. The first-order valence-corrected chi connectivity index (χ1v) is 6.19. The molecular weight excluding hydrogens is 200 g/mol. The Morgan fingerprint density at radius 1 is 1.56 bits per heavy atom. The summed E-state index contributed by atoms with van der Waals surface area (Å²) in [4.78, 5) is 2.44. The molecule has 0 spiro atoms. The molecule has 2 unspecified atom stereocenters. The summed E-state index contributed by atoms with van der Waals surface area (Å²) in [5, 5.41) is 7.73. The third-order valence-corrected chi connectivity index (χ3v) is 3.58. The van der Waals surface area contributed by atoms with Gasteiger partial charge in [-0.2, -0.15) is 5.10 Å². The molecule has 1 aliphatic heterocycles. The van der Waals surface area contributed by atoms with Crippen LogP contribution in [0.5, 0.6) is 0 Å². The standard InChI is InChI=1S/C12H22N4/c1-4-16-9-11(7-14-16)15-6-5-12(13-3)10(2)8-15/h7,9-10,12-13H,4-6,8H2,1-3H3. The Morgan fingerprint density at radius 2 is 2.38 bits per heavy atom. The van der Waals surface area contributed by atoms with Gasteiger partial charge in [0.25, 0.3) is 0 Å². The molecule has 0 amide bonds. The molecule has 1 saturated heterocycles. The Hall–Kier alpha value is -1.03. The zero-order valence-electron chi connectivity index (χ0n) is 10.5. The SMILES string of the molecule is CCn1cc(N2CCC(NC)C(C)C2)cn1. The number of piperidine rings is 1. The van der Waals surface area contributed by atoms with Gasteiger partial charge in [0.05, 0.1) is 11.9 Å². The van der Waals surface area contributed by atoms with Crippen LogP contribution in [0.25, 0.3) is 0 Å². The van der Waals surface area contributed by atoms with Crippen molar-refractivity contribution in [3.05, 3.63) is 12.4 Å². The minimum Gasteiger partial charge on any atom is -0.369 e. The van der Waals surface area contributed by atoms with E-state index in [9.17, 15) is 0 Å². The molecule has 0 bridgehead atoms. The molecule has 0 aliphatic carbocycles. The second-order valence-corrected chi connectivity index (χ2v) is 4.66. The van der Waals surface area contributed by atoms with Crippen LogP contribution >= 0.6 is 0 Å². The van der Waals surface area contributed by atoms with Gasteiger partial charge in [0, 0.05) is 31.9 Å². The van der Waals surface area contributed by atoms with Gasteiger partial charge in [-0.25, -0.2) is 0 Å². The van der Waals surface area contributed by atoms with Crippen molar-refractivity contribution in [2.75, 3.05) is 25.0 Å². The van der Waals surface area contributed by atoms with E-state index in [2.05, 4.69) is 42.4 Å². The van der Waals surface area contributed by atoms with Crippen molar-refractivity contribution in [3.8, 4) is 0 Å². The van der Waals surface area contributed by atoms with Gasteiger partial charge in [-0.3, -0.25) is 4.68 Å². The number of hydrogen-bond acceptors (Lipinski definition) is 3. The summed E-state index contributed by atoms with van der Waals surface area (Å²) in [6.45, 7) is 7.64. The largest absolute Gasteiger partial charge is 0.369 e. The fourth-order valence-electron chi connectivity index (χ4n) is 2.50. The highest BCUT2D eigenvalue weighted by Gasteiger charge is 2.25. The molecule has 1 aromatic heterocycles. The summed E-state index contributed by atoms with van der Waals surface area (Å²) in [7, 11) is 2.06. The van der Waals surface area contributed by atoms with Gasteiger partial charge in [0.15, 0.2) is 0 Å². The minimum atomic E-state index is 0.664. The van der Waals surface area contributed by atoms with E-state index >= 15 is 0 Å². The lowest BCUT2D eigenvalue weighted by atomic mass is 9.94. The lowest BCUT2D eigenvalue weighted by Crippen LogP contribution is -2.47. The molecular formula is C12H22N4. The van der Waals surface area contributed by atoms with Crippen molar-refractivity contribution in [1.29, 1.82) is 0 Å². The summed E-state index contributed by atoms with van der Waals surface area (Å²) in [6, 6.07) is 0.664. The normalized spacial score (nSPS) is 26.1. The van der Waals surface area contributed by atoms with Crippen LogP contribution < -0.4 is 10.2 Å². The zero-order chi connectivity index (χ0) is 11.5. The molecule has 4 heteroatoms. The molecule has 2 heterocycles. The van der Waals surface area contributed by atoms with Gasteiger partial charge in [0.1, 0.15) is 0 Å². The monoisotopic (exact) mass is 222 g/mol. The first kappa shape index (κ1) is 11.5. The third kappa shape index (κ3) is 2.21. The zero-order valence-corrected chi connectivity index (χ0v) is 10.5. The molecule has 1 aliphatic rings. The molecule has 0 saturated carbocycles. The van der Waals surface area contributed by atoms with E-state index < -0.39 is 0 Å². The number of aromatic nitrogens is 2. The fourth-order valence-corrected chi connectivity index (χ4v) is 2.50. The Bertz CT molecular complexity index is 334. The van der Waals surface area contributed by atoms with Crippen LogP contribution in [0.4, 0.5) is 5.69 Å². The number of nitrogens with one attached hydrogen (secondary N) is 1. The fraction of sp³-hybridized carbons (Fsp3) is 0.750. The topological polar surface area (TPSA) is 33.1 Å². The maximum atomic E-state index is 4.33. The lowest BCUT2D eigenvalue weighted by Gasteiger charge is -2.37. The van der Waals surface area contributed by atoms with Crippen LogP contribution in [0.2, 0.25) is 0 Å². The summed E-state index contributed by atoms with van der Waals surface area (Å²) in [5.74, 6) is 0.698. The molecule has 0 radical (unpaired) electrons. The average molecular weight is 222 g/mol. The van der Waals surface area contributed by atoms with Gasteiger partial charge >= 0.3 is 0 Å². The third-order valence-electron chi connectivity index (χ3n) is 3.58. The number of aryl methyl sites for hydroxylation is 1. The Kier molecular flexibility index (Phi) is 3.49. The molecule has 0 aromatic carbocycles. The molecule has 2 rings (SSSR count). The first-order valence-electron chi connectivity index (χ1n) is 6.19. The van der Waals surface area contributed by atoms with Crippen LogP contribution in [0.3, 0.4) is 0 Å². The van der Waals surface area contributed by atoms with E-state index in [1.54, 1.807) is 0 Å². The molecule has 16 heavy (non-hydrogen) atoms. The van der Waals surface area contributed by atoms with E-state index in [-0.39, 0.29) is 0 Å². The maximum Gasteiger partial charge on any atom is 0.0752 e. The Balaban J connectivity index is 2.01. The highest BCUT2D eigenvalue weighted by atomic mass is 15.3. The van der Waals surface area contributed by atoms with E-state index in [1.807, 2.05) is 10.9 Å². The van der Waals surface area contributed by atoms with Gasteiger partial charge in [-0.1, -0.05) is 6.92 Å². The molecule has 1 N–H and O–H groups in total. The second kappa shape index (κ2) is 4.87. The first-order chi connectivity index (χ1) is 7.74. The van der Waals surface area contributed by atoms with Crippen LogP contribution in [0.15, 0.2) is 12.4 Å². The van der Waals surface area contributed by atoms with Crippen molar-refractivity contribution in [2.45, 2.75) is 32.9 Å². The van der Waals surface area contributed by atoms with Gasteiger partial charge in [-0.15, -0.1) is 0 Å². The number of nitrogens with zero attached hydrogens (tertiary/aromatic N) is 3. The van der Waals surface area contributed by atoms with E-state index in [4.69, 9.17) is 0 Å². The molecule has 4 nitrogen and oxygen atoms in total. The van der Waals surface area contributed by atoms with Crippen LogP contribution in [-0.4, -0.2) is 36.0 Å². The maximum absolute atomic E-state index is 4.33. The summed E-state index contributed by atoms with van der Waals surface area (Å²) in [6.07, 6.45) is 5.34. The van der Waals surface area contributed by atoms with Crippen molar-refractivity contribution < 1.29 is 0 Å². The predicted molar refractivity (Wildman–Crippen MR) is 66.7 cm³/mol. The van der Waals surface area contributed by atoms with Crippen molar-refractivity contribution in [1.82, 2.24) is 15.1 Å². The van der Waals surface area contributed by atoms with Crippen LogP contribution in [0, 0.1) is 5.92 Å². The van der Waals surface area contributed by atoms with Gasteiger partial charge in [0.2, 0.25) is 0 Å². The number of rotatable bonds is 3. The van der Waals surface area contributed by atoms with Gasteiger partial charge in [-0.05, 0) is 26.3 Å². The second-order valence-electron chi connectivity index (χ2n) is 4.66. The van der Waals surface area contributed by atoms with E-state index in [0.29, 0.717) is 12.0 Å². The number of hydrogen-bond donors (Lipinski definition) is 1. The van der Waals surface area contributed by atoms with Crippen molar-refractivity contribution >= 4 is 5.69 Å². The summed E-state index contributed by atoms with van der Waals surface area (Å²) in [5.41, 5.74) is 1.27. The van der Waals surface area contributed by atoms with Gasteiger partial charge < -0.3 is 10.2 Å². The minimum absolute atomic E-state index is 0.664.